The summed E-state index contributed by atoms with van der Waals surface area (Å²) in [6, 6.07) is 7.77. The third-order valence-electron chi connectivity index (χ3n) is 4.74. The number of anilines is 1. The minimum absolute atomic E-state index is 0.203. The van der Waals surface area contributed by atoms with Gasteiger partial charge in [-0.15, -0.1) is 0 Å². The van der Waals surface area contributed by atoms with E-state index in [1.54, 1.807) is 0 Å². The van der Waals surface area contributed by atoms with Crippen LogP contribution in [-0.4, -0.2) is 61.5 Å². The van der Waals surface area contributed by atoms with Crippen LogP contribution < -0.4 is 10.6 Å². The molecule has 25 heavy (non-hydrogen) atoms. The Labute approximate surface area is 150 Å². The minimum Gasteiger partial charge on any atom is -0.343 e. The van der Waals surface area contributed by atoms with Gasteiger partial charge in [0, 0.05) is 37.8 Å². The van der Waals surface area contributed by atoms with E-state index in [2.05, 4.69) is 22.5 Å². The molecule has 0 saturated carbocycles. The third-order valence-corrected chi connectivity index (χ3v) is 4.74. The van der Waals surface area contributed by atoms with Gasteiger partial charge in [-0.05, 0) is 58.0 Å². The number of nitrogens with zero attached hydrogens (tertiary/aromatic N) is 2. The standard InChI is InChI=1S/C19H30N4O2/c1-15(22(2)3)14-20-19(25)21-17-9-6-16(7-10-17)8-11-18(24)23-12-4-5-13-23/h6-7,9-10,15H,4-5,8,11-14H2,1-3H3,(H2,20,21,25). The Morgan fingerprint density at radius 1 is 1.16 bits per heavy atom. The number of carbonyl (C=O) groups excluding carboxylic acids is 2. The van der Waals surface area contributed by atoms with Crippen LogP contribution in [0, 0.1) is 0 Å². The fourth-order valence-electron chi connectivity index (χ4n) is 2.73. The van der Waals surface area contributed by atoms with Crippen molar-refractivity contribution >= 4 is 17.6 Å². The van der Waals surface area contributed by atoms with Gasteiger partial charge >= 0.3 is 6.03 Å². The van der Waals surface area contributed by atoms with Crippen molar-refractivity contribution in [2.45, 2.75) is 38.6 Å². The first kappa shape index (κ1) is 19.2. The first-order valence-corrected chi connectivity index (χ1v) is 9.03. The maximum atomic E-state index is 12.1. The second kappa shape index (κ2) is 9.42. The molecule has 2 rings (SSSR count). The van der Waals surface area contributed by atoms with Crippen LogP contribution in [0.15, 0.2) is 24.3 Å². The Morgan fingerprint density at radius 2 is 1.80 bits per heavy atom. The molecule has 1 aromatic rings. The van der Waals surface area contributed by atoms with Crippen LogP contribution in [0.3, 0.4) is 0 Å². The van der Waals surface area contributed by atoms with Gasteiger partial charge in [-0.3, -0.25) is 4.79 Å². The van der Waals surface area contributed by atoms with Gasteiger partial charge in [-0.1, -0.05) is 12.1 Å². The van der Waals surface area contributed by atoms with E-state index in [4.69, 9.17) is 0 Å². The molecule has 1 atom stereocenters. The van der Waals surface area contributed by atoms with Gasteiger partial charge in [-0.25, -0.2) is 4.79 Å². The van der Waals surface area contributed by atoms with Crippen LogP contribution in [-0.2, 0) is 11.2 Å². The second-order valence-electron chi connectivity index (χ2n) is 6.93. The van der Waals surface area contributed by atoms with Crippen molar-refractivity contribution in [3.63, 3.8) is 0 Å². The summed E-state index contributed by atoms with van der Waals surface area (Å²) in [6.07, 6.45) is 3.54. The van der Waals surface area contributed by atoms with Gasteiger partial charge in [-0.2, -0.15) is 0 Å². The fraction of sp³-hybridized carbons (Fsp3) is 0.579. The monoisotopic (exact) mass is 346 g/mol. The summed E-state index contributed by atoms with van der Waals surface area (Å²) < 4.78 is 0. The summed E-state index contributed by atoms with van der Waals surface area (Å²) in [5.74, 6) is 0.245. The summed E-state index contributed by atoms with van der Waals surface area (Å²) in [5.41, 5.74) is 1.87. The molecule has 1 aromatic carbocycles. The lowest BCUT2D eigenvalue weighted by atomic mass is 10.1. The number of amides is 3. The molecular formula is C19H30N4O2. The molecule has 0 bridgehead atoms. The molecule has 1 saturated heterocycles. The van der Waals surface area contributed by atoms with Crippen molar-refractivity contribution in [3.05, 3.63) is 29.8 Å². The second-order valence-corrected chi connectivity index (χ2v) is 6.93. The smallest absolute Gasteiger partial charge is 0.319 e. The third kappa shape index (κ3) is 6.38. The van der Waals surface area contributed by atoms with Crippen LogP contribution in [0.25, 0.3) is 0 Å². The number of aryl methyl sites for hydroxylation is 1. The van der Waals surface area contributed by atoms with Gasteiger partial charge in [0.1, 0.15) is 0 Å². The van der Waals surface area contributed by atoms with E-state index >= 15 is 0 Å². The Morgan fingerprint density at radius 3 is 2.40 bits per heavy atom. The van der Waals surface area contributed by atoms with Crippen LogP contribution in [0.1, 0.15) is 31.7 Å². The Kier molecular flexibility index (Phi) is 7.25. The SMILES string of the molecule is CC(CNC(=O)Nc1ccc(CCC(=O)N2CCCC2)cc1)N(C)C. The Bertz CT molecular complexity index is 565. The van der Waals surface area contributed by atoms with E-state index in [0.29, 0.717) is 13.0 Å². The summed E-state index contributed by atoms with van der Waals surface area (Å²) in [4.78, 5) is 28.0. The van der Waals surface area contributed by atoms with E-state index in [9.17, 15) is 9.59 Å². The fourth-order valence-corrected chi connectivity index (χ4v) is 2.73. The quantitative estimate of drug-likeness (QED) is 0.796. The number of nitrogens with one attached hydrogen (secondary N) is 2. The number of benzene rings is 1. The number of hydrogen-bond acceptors (Lipinski definition) is 3. The van der Waals surface area contributed by atoms with Crippen molar-refractivity contribution in [1.82, 2.24) is 15.1 Å². The largest absolute Gasteiger partial charge is 0.343 e. The maximum absolute atomic E-state index is 12.1. The molecule has 0 spiro atoms. The zero-order valence-corrected chi connectivity index (χ0v) is 15.5. The highest BCUT2D eigenvalue weighted by Gasteiger charge is 2.17. The normalized spacial score (nSPS) is 15.3. The molecular weight excluding hydrogens is 316 g/mol. The van der Waals surface area contributed by atoms with Crippen molar-refractivity contribution in [2.75, 3.05) is 39.0 Å². The molecule has 1 aliphatic heterocycles. The van der Waals surface area contributed by atoms with Gasteiger partial charge in [0.05, 0.1) is 0 Å². The highest BCUT2D eigenvalue weighted by atomic mass is 16.2. The molecule has 0 aromatic heterocycles. The summed E-state index contributed by atoms with van der Waals surface area (Å²) >= 11 is 0. The zero-order valence-electron chi connectivity index (χ0n) is 15.5. The number of rotatable bonds is 7. The number of carbonyl (C=O) groups is 2. The van der Waals surface area contributed by atoms with E-state index in [-0.39, 0.29) is 18.0 Å². The first-order chi connectivity index (χ1) is 12.0. The van der Waals surface area contributed by atoms with Crippen LogP contribution in [0.5, 0.6) is 0 Å². The number of likely N-dealkylation sites (N-methyl/N-ethyl adjacent to an activating group) is 1. The molecule has 1 fully saturated rings. The van der Waals surface area contributed by atoms with Gasteiger partial charge in [0.15, 0.2) is 0 Å². The van der Waals surface area contributed by atoms with Crippen LogP contribution in [0.2, 0.25) is 0 Å². The molecule has 2 N–H and O–H groups in total. The lowest BCUT2D eigenvalue weighted by Gasteiger charge is -2.20. The lowest BCUT2D eigenvalue weighted by Crippen LogP contribution is -2.40. The topological polar surface area (TPSA) is 64.7 Å². The highest BCUT2D eigenvalue weighted by Crippen LogP contribution is 2.14. The van der Waals surface area contributed by atoms with Crippen LogP contribution >= 0.6 is 0 Å². The van der Waals surface area contributed by atoms with Crippen molar-refractivity contribution in [2.24, 2.45) is 0 Å². The lowest BCUT2D eigenvalue weighted by molar-refractivity contribution is -0.130. The Balaban J connectivity index is 1.73. The molecule has 0 aliphatic carbocycles. The molecule has 1 heterocycles. The molecule has 0 radical (unpaired) electrons. The van der Waals surface area contributed by atoms with E-state index in [1.165, 1.54) is 0 Å². The number of likely N-dealkylation sites (tertiary alicyclic amines) is 1. The molecule has 3 amide bonds. The summed E-state index contributed by atoms with van der Waals surface area (Å²) in [7, 11) is 3.97. The molecule has 6 heteroatoms. The first-order valence-electron chi connectivity index (χ1n) is 9.03. The van der Waals surface area contributed by atoms with E-state index < -0.39 is 0 Å². The molecule has 6 nitrogen and oxygen atoms in total. The minimum atomic E-state index is -0.203. The van der Waals surface area contributed by atoms with Gasteiger partial charge < -0.3 is 20.4 Å². The number of hydrogen-bond donors (Lipinski definition) is 2. The Hall–Kier alpha value is -2.08. The van der Waals surface area contributed by atoms with E-state index in [1.807, 2.05) is 43.3 Å². The zero-order chi connectivity index (χ0) is 18.2. The average molecular weight is 346 g/mol. The van der Waals surface area contributed by atoms with Gasteiger partial charge in [0.2, 0.25) is 5.91 Å². The highest BCUT2D eigenvalue weighted by molar-refractivity contribution is 5.89. The van der Waals surface area contributed by atoms with Crippen molar-refractivity contribution < 1.29 is 9.59 Å². The summed E-state index contributed by atoms with van der Waals surface area (Å²) in [5, 5.41) is 5.69. The van der Waals surface area contributed by atoms with Crippen molar-refractivity contribution in [1.29, 1.82) is 0 Å². The predicted octanol–water partition coefficient (Wildman–Crippen LogP) is 2.31. The van der Waals surface area contributed by atoms with Gasteiger partial charge in [0.25, 0.3) is 0 Å². The number of urea groups is 1. The summed E-state index contributed by atoms with van der Waals surface area (Å²) in [6.45, 7) is 4.46. The van der Waals surface area contributed by atoms with Crippen molar-refractivity contribution in [3.8, 4) is 0 Å². The maximum Gasteiger partial charge on any atom is 0.319 e. The molecule has 1 unspecified atom stereocenters. The molecule has 1 aliphatic rings. The van der Waals surface area contributed by atoms with E-state index in [0.717, 1.165) is 43.6 Å². The average Bonchev–Trinajstić information content (AvgIpc) is 3.13. The molecule has 138 valence electrons. The predicted molar refractivity (Wildman–Crippen MR) is 101 cm³/mol. The van der Waals surface area contributed by atoms with Crippen LogP contribution in [0.4, 0.5) is 10.5 Å².